The second kappa shape index (κ2) is 6.63. The van der Waals surface area contributed by atoms with Crippen molar-refractivity contribution >= 4 is 11.4 Å². The van der Waals surface area contributed by atoms with Crippen molar-refractivity contribution in [3.63, 3.8) is 0 Å². The maximum atomic E-state index is 9.41. The Balaban J connectivity index is 1.64. The molecule has 0 fully saturated rings. The fraction of sp³-hybridized carbons (Fsp3) is 0.211. The molecule has 8 heteroatoms. The van der Waals surface area contributed by atoms with Gasteiger partial charge in [0.2, 0.25) is 12.2 Å². The standard InChI is InChI=1S/C19H18N6O2/c1-10(2)22-14-5-3-12(7-13(14)9-20)18-24-17(25-27-18)11-4-6-16-15(8-11)23-19(21)26-16/h3-8,10,19,22-23H,21H2,1-2H3. The number of fused-ring (bicyclic) bond motifs is 1. The molecule has 1 aromatic heterocycles. The van der Waals surface area contributed by atoms with Gasteiger partial charge in [-0.05, 0) is 50.2 Å². The lowest BCUT2D eigenvalue weighted by Crippen LogP contribution is -2.30. The van der Waals surface area contributed by atoms with Crippen molar-refractivity contribution in [2.24, 2.45) is 5.73 Å². The Bertz CT molecular complexity index is 1040. The van der Waals surface area contributed by atoms with Crippen molar-refractivity contribution in [2.45, 2.75) is 26.2 Å². The minimum Gasteiger partial charge on any atom is -0.456 e. The molecule has 8 nitrogen and oxygen atoms in total. The number of ether oxygens (including phenoxy) is 1. The molecule has 0 bridgehead atoms. The molecule has 0 aliphatic carbocycles. The average Bonchev–Trinajstić information content (AvgIpc) is 3.26. The lowest BCUT2D eigenvalue weighted by Gasteiger charge is -2.11. The van der Waals surface area contributed by atoms with Crippen LogP contribution in [0.25, 0.3) is 22.8 Å². The zero-order chi connectivity index (χ0) is 19.0. The van der Waals surface area contributed by atoms with E-state index in [9.17, 15) is 5.26 Å². The quantitative estimate of drug-likeness (QED) is 0.647. The summed E-state index contributed by atoms with van der Waals surface area (Å²) in [7, 11) is 0. The van der Waals surface area contributed by atoms with Gasteiger partial charge in [0.15, 0.2) is 0 Å². The fourth-order valence-electron chi connectivity index (χ4n) is 2.87. The maximum Gasteiger partial charge on any atom is 0.258 e. The van der Waals surface area contributed by atoms with Gasteiger partial charge in [-0.2, -0.15) is 10.2 Å². The molecule has 0 saturated carbocycles. The minimum absolute atomic E-state index is 0.225. The predicted octanol–water partition coefficient (Wildman–Crippen LogP) is 3.14. The summed E-state index contributed by atoms with van der Waals surface area (Å²) in [5.41, 5.74) is 9.24. The number of aromatic nitrogens is 2. The molecule has 0 radical (unpaired) electrons. The van der Waals surface area contributed by atoms with Crippen LogP contribution in [-0.4, -0.2) is 22.5 Å². The molecule has 0 saturated heterocycles. The highest BCUT2D eigenvalue weighted by Gasteiger charge is 2.20. The molecule has 1 atom stereocenters. The molecule has 27 heavy (non-hydrogen) atoms. The maximum absolute atomic E-state index is 9.41. The monoisotopic (exact) mass is 362 g/mol. The highest BCUT2D eigenvalue weighted by atomic mass is 16.5. The molecule has 0 spiro atoms. The van der Waals surface area contributed by atoms with Crippen molar-refractivity contribution in [3.05, 3.63) is 42.0 Å². The highest BCUT2D eigenvalue weighted by Crippen LogP contribution is 2.34. The van der Waals surface area contributed by atoms with E-state index < -0.39 is 6.35 Å². The normalized spacial score (nSPS) is 15.0. The zero-order valence-corrected chi connectivity index (χ0v) is 14.9. The second-order valence-electron chi connectivity index (χ2n) is 6.49. The first-order chi connectivity index (χ1) is 13.0. The van der Waals surface area contributed by atoms with Crippen LogP contribution in [0, 0.1) is 11.3 Å². The molecule has 4 rings (SSSR count). The molecular formula is C19H18N6O2. The molecule has 2 heterocycles. The molecule has 1 aliphatic rings. The lowest BCUT2D eigenvalue weighted by atomic mass is 10.1. The number of nitrogens with two attached hydrogens (primary N) is 1. The molecule has 2 aromatic carbocycles. The van der Waals surface area contributed by atoms with E-state index in [0.29, 0.717) is 28.6 Å². The van der Waals surface area contributed by atoms with Crippen LogP contribution in [0.15, 0.2) is 40.9 Å². The van der Waals surface area contributed by atoms with Gasteiger partial charge in [-0.25, -0.2) is 0 Å². The summed E-state index contributed by atoms with van der Waals surface area (Å²) in [6, 6.07) is 13.3. The van der Waals surface area contributed by atoms with E-state index in [0.717, 1.165) is 16.9 Å². The van der Waals surface area contributed by atoms with Crippen molar-refractivity contribution in [3.8, 4) is 34.7 Å². The van der Waals surface area contributed by atoms with Crippen molar-refractivity contribution < 1.29 is 9.26 Å². The second-order valence-corrected chi connectivity index (χ2v) is 6.49. The Morgan fingerprint density at radius 2 is 2.04 bits per heavy atom. The Hall–Kier alpha value is -3.57. The number of hydrogen-bond donors (Lipinski definition) is 3. The van der Waals surface area contributed by atoms with Crippen LogP contribution in [0.2, 0.25) is 0 Å². The predicted molar refractivity (Wildman–Crippen MR) is 101 cm³/mol. The number of hydrogen-bond acceptors (Lipinski definition) is 8. The van der Waals surface area contributed by atoms with Crippen LogP contribution in [0.3, 0.4) is 0 Å². The third kappa shape index (κ3) is 3.28. The van der Waals surface area contributed by atoms with E-state index in [2.05, 4.69) is 26.8 Å². The Kier molecular flexibility index (Phi) is 4.14. The van der Waals surface area contributed by atoms with Gasteiger partial charge < -0.3 is 19.9 Å². The van der Waals surface area contributed by atoms with Gasteiger partial charge in [0.25, 0.3) is 5.89 Å². The Morgan fingerprint density at radius 3 is 2.81 bits per heavy atom. The molecular weight excluding hydrogens is 344 g/mol. The first-order valence-corrected chi connectivity index (χ1v) is 8.51. The van der Waals surface area contributed by atoms with Gasteiger partial charge in [0.1, 0.15) is 11.8 Å². The molecule has 1 aliphatic heterocycles. The summed E-state index contributed by atoms with van der Waals surface area (Å²) in [5, 5.41) is 19.7. The van der Waals surface area contributed by atoms with Crippen molar-refractivity contribution in [1.82, 2.24) is 10.1 Å². The van der Waals surface area contributed by atoms with Crippen LogP contribution in [-0.2, 0) is 0 Å². The van der Waals surface area contributed by atoms with E-state index in [1.54, 1.807) is 12.1 Å². The Labute approximate surface area is 155 Å². The Morgan fingerprint density at radius 1 is 1.22 bits per heavy atom. The minimum atomic E-state index is -0.557. The average molecular weight is 362 g/mol. The molecule has 0 amide bonds. The first-order valence-electron chi connectivity index (χ1n) is 8.51. The van der Waals surface area contributed by atoms with E-state index >= 15 is 0 Å². The summed E-state index contributed by atoms with van der Waals surface area (Å²) in [6.07, 6.45) is -0.557. The molecule has 3 aromatic rings. The number of nitrogens with one attached hydrogen (secondary N) is 2. The summed E-state index contributed by atoms with van der Waals surface area (Å²) >= 11 is 0. The summed E-state index contributed by atoms with van der Waals surface area (Å²) < 4.78 is 10.8. The third-order valence-corrected chi connectivity index (χ3v) is 4.05. The lowest BCUT2D eigenvalue weighted by molar-refractivity contribution is 0.262. The number of nitrogens with zero attached hydrogens (tertiary/aromatic N) is 3. The topological polar surface area (TPSA) is 122 Å². The third-order valence-electron chi connectivity index (χ3n) is 4.05. The largest absolute Gasteiger partial charge is 0.456 e. The summed E-state index contributed by atoms with van der Waals surface area (Å²) in [5.74, 6) is 1.47. The summed E-state index contributed by atoms with van der Waals surface area (Å²) in [4.78, 5) is 4.45. The molecule has 1 unspecified atom stereocenters. The summed E-state index contributed by atoms with van der Waals surface area (Å²) in [6.45, 7) is 4.03. The first kappa shape index (κ1) is 16.9. The number of rotatable bonds is 4. The van der Waals surface area contributed by atoms with Crippen molar-refractivity contribution in [1.29, 1.82) is 5.26 Å². The number of nitriles is 1. The van der Waals surface area contributed by atoms with E-state index in [-0.39, 0.29) is 6.04 Å². The van der Waals surface area contributed by atoms with Crippen LogP contribution in [0.5, 0.6) is 5.75 Å². The van der Waals surface area contributed by atoms with Crippen LogP contribution >= 0.6 is 0 Å². The van der Waals surface area contributed by atoms with Crippen LogP contribution < -0.4 is 21.1 Å². The van der Waals surface area contributed by atoms with Gasteiger partial charge in [0, 0.05) is 17.2 Å². The van der Waals surface area contributed by atoms with Crippen LogP contribution in [0.4, 0.5) is 11.4 Å². The van der Waals surface area contributed by atoms with Gasteiger partial charge >= 0.3 is 0 Å². The van der Waals surface area contributed by atoms with E-state index in [4.69, 9.17) is 15.0 Å². The van der Waals surface area contributed by atoms with Gasteiger partial charge in [-0.1, -0.05) is 5.16 Å². The number of benzene rings is 2. The SMILES string of the molecule is CC(C)Nc1ccc(-c2nc(-c3ccc4c(c3)NC(N)O4)no2)cc1C#N. The van der Waals surface area contributed by atoms with E-state index in [1.807, 2.05) is 38.1 Å². The number of anilines is 2. The molecule has 136 valence electrons. The fourth-order valence-corrected chi connectivity index (χ4v) is 2.87. The smallest absolute Gasteiger partial charge is 0.258 e. The highest BCUT2D eigenvalue weighted by molar-refractivity contribution is 5.71. The zero-order valence-electron chi connectivity index (χ0n) is 14.9. The molecule has 4 N–H and O–H groups in total. The van der Waals surface area contributed by atoms with Crippen LogP contribution in [0.1, 0.15) is 19.4 Å². The van der Waals surface area contributed by atoms with Gasteiger partial charge in [0.05, 0.1) is 16.9 Å². The van der Waals surface area contributed by atoms with E-state index in [1.165, 1.54) is 0 Å². The van der Waals surface area contributed by atoms with Gasteiger partial charge in [-0.3, -0.25) is 5.73 Å². The van der Waals surface area contributed by atoms with Crippen molar-refractivity contribution in [2.75, 3.05) is 10.6 Å². The van der Waals surface area contributed by atoms with Gasteiger partial charge in [-0.15, -0.1) is 0 Å².